The third kappa shape index (κ3) is 1.41. The van der Waals surface area contributed by atoms with Crippen molar-refractivity contribution in [2.75, 3.05) is 7.11 Å². The van der Waals surface area contributed by atoms with E-state index >= 15 is 0 Å². The average Bonchev–Trinajstić information content (AvgIpc) is 2.08. The maximum Gasteiger partial charge on any atom is 0.201 e. The Morgan fingerprint density at radius 3 is 2.33 bits per heavy atom. The average molecular weight is 241 g/mol. The van der Waals surface area contributed by atoms with Crippen LogP contribution in [0.1, 0.15) is 0 Å². The smallest absolute Gasteiger partial charge is 0.201 e. The highest BCUT2D eigenvalue weighted by atomic mass is 79.9. The van der Waals surface area contributed by atoms with Crippen LogP contribution >= 0.6 is 15.9 Å². The van der Waals surface area contributed by atoms with Crippen molar-refractivity contribution >= 4 is 15.9 Å². The first kappa shape index (κ1) is 9.38. The van der Waals surface area contributed by atoms with Crippen molar-refractivity contribution < 1.29 is 17.9 Å². The first-order chi connectivity index (χ1) is 5.57. The zero-order chi connectivity index (χ0) is 9.30. The zero-order valence-corrected chi connectivity index (χ0v) is 7.58. The number of halogens is 4. The van der Waals surface area contributed by atoms with Gasteiger partial charge in [-0.1, -0.05) is 0 Å². The van der Waals surface area contributed by atoms with Crippen LogP contribution in [0.15, 0.2) is 10.5 Å². The van der Waals surface area contributed by atoms with E-state index in [1.54, 1.807) is 0 Å². The molecule has 1 nitrogen and oxygen atoms in total. The molecule has 0 aromatic heterocycles. The molecule has 0 unspecified atom stereocenters. The molecule has 0 N–H and O–H groups in total. The fraction of sp³-hybridized carbons (Fsp3) is 0.143. The Labute approximate surface area is 75.3 Å². The molecule has 0 radical (unpaired) electrons. The van der Waals surface area contributed by atoms with Gasteiger partial charge in [-0.3, -0.25) is 0 Å². The highest BCUT2D eigenvalue weighted by molar-refractivity contribution is 9.10. The molecule has 0 amide bonds. The van der Waals surface area contributed by atoms with E-state index < -0.39 is 27.7 Å². The lowest BCUT2D eigenvalue weighted by Crippen LogP contribution is -1.95. The zero-order valence-electron chi connectivity index (χ0n) is 6.00. The van der Waals surface area contributed by atoms with E-state index in [1.807, 2.05) is 0 Å². The van der Waals surface area contributed by atoms with Crippen LogP contribution in [-0.4, -0.2) is 7.11 Å². The predicted molar refractivity (Wildman–Crippen MR) is 40.6 cm³/mol. The highest BCUT2D eigenvalue weighted by Crippen LogP contribution is 2.28. The maximum absolute atomic E-state index is 12.7. The third-order valence-electron chi connectivity index (χ3n) is 1.29. The van der Waals surface area contributed by atoms with Gasteiger partial charge in [0.1, 0.15) is 5.82 Å². The van der Waals surface area contributed by atoms with Gasteiger partial charge in [-0.15, -0.1) is 0 Å². The number of methoxy groups -OCH3 is 1. The van der Waals surface area contributed by atoms with Gasteiger partial charge in [0.2, 0.25) is 5.82 Å². The molecule has 0 aliphatic carbocycles. The minimum absolute atomic E-state index is 0.451. The molecule has 0 bridgehead atoms. The standard InChI is InChI=1S/C7H4BrF3O/c1-12-4-2-3(9)5(8)7(11)6(4)10/h2H,1H3. The Hall–Kier alpha value is -0.710. The van der Waals surface area contributed by atoms with E-state index in [-0.39, 0.29) is 0 Å². The summed E-state index contributed by atoms with van der Waals surface area (Å²) in [5, 5.41) is 0. The number of ether oxygens (including phenoxy) is 1. The number of hydrogen-bond donors (Lipinski definition) is 0. The summed E-state index contributed by atoms with van der Waals surface area (Å²) in [4.78, 5) is 0. The van der Waals surface area contributed by atoms with Crippen molar-refractivity contribution in [1.29, 1.82) is 0 Å². The van der Waals surface area contributed by atoms with E-state index in [0.717, 1.165) is 13.2 Å². The van der Waals surface area contributed by atoms with Gasteiger partial charge in [-0.25, -0.2) is 8.78 Å². The predicted octanol–water partition coefficient (Wildman–Crippen LogP) is 2.88. The van der Waals surface area contributed by atoms with E-state index in [9.17, 15) is 13.2 Å². The summed E-state index contributed by atoms with van der Waals surface area (Å²) in [5.74, 6) is -3.84. The van der Waals surface area contributed by atoms with Gasteiger partial charge in [0.15, 0.2) is 11.6 Å². The van der Waals surface area contributed by atoms with Crippen LogP contribution in [0.4, 0.5) is 13.2 Å². The van der Waals surface area contributed by atoms with Gasteiger partial charge >= 0.3 is 0 Å². The van der Waals surface area contributed by atoms with Gasteiger partial charge in [0.05, 0.1) is 11.6 Å². The van der Waals surface area contributed by atoms with Crippen molar-refractivity contribution in [3.8, 4) is 5.75 Å². The Morgan fingerprint density at radius 1 is 1.25 bits per heavy atom. The monoisotopic (exact) mass is 240 g/mol. The van der Waals surface area contributed by atoms with Crippen molar-refractivity contribution in [1.82, 2.24) is 0 Å². The Kier molecular flexibility index (Phi) is 2.62. The molecule has 0 fully saturated rings. The topological polar surface area (TPSA) is 9.23 Å². The molecule has 0 aliphatic heterocycles. The molecule has 0 heterocycles. The van der Waals surface area contributed by atoms with Gasteiger partial charge in [-0.05, 0) is 15.9 Å². The summed E-state index contributed by atoms with van der Waals surface area (Å²) in [5.41, 5.74) is 0. The summed E-state index contributed by atoms with van der Waals surface area (Å²) in [6, 6.07) is 0.766. The number of benzene rings is 1. The first-order valence-corrected chi connectivity index (χ1v) is 3.74. The summed E-state index contributed by atoms with van der Waals surface area (Å²) in [6.07, 6.45) is 0. The van der Waals surface area contributed by atoms with E-state index in [2.05, 4.69) is 20.7 Å². The van der Waals surface area contributed by atoms with E-state index in [0.29, 0.717) is 0 Å². The second kappa shape index (κ2) is 3.35. The van der Waals surface area contributed by atoms with Crippen LogP contribution in [0.25, 0.3) is 0 Å². The van der Waals surface area contributed by atoms with Crippen LogP contribution in [0.2, 0.25) is 0 Å². The minimum atomic E-state index is -1.29. The second-order valence-electron chi connectivity index (χ2n) is 2.00. The molecule has 0 saturated carbocycles. The van der Waals surface area contributed by atoms with Crippen molar-refractivity contribution in [3.63, 3.8) is 0 Å². The number of hydrogen-bond acceptors (Lipinski definition) is 1. The summed E-state index contributed by atoms with van der Waals surface area (Å²) in [7, 11) is 1.13. The minimum Gasteiger partial charge on any atom is -0.493 e. The molecule has 5 heteroatoms. The van der Waals surface area contributed by atoms with E-state index in [4.69, 9.17) is 0 Å². The van der Waals surface area contributed by atoms with Gasteiger partial charge < -0.3 is 4.74 Å². The summed E-state index contributed by atoms with van der Waals surface area (Å²) < 4.78 is 42.0. The second-order valence-corrected chi connectivity index (χ2v) is 2.80. The molecule has 0 spiro atoms. The van der Waals surface area contributed by atoms with Crippen molar-refractivity contribution in [3.05, 3.63) is 28.0 Å². The Balaban J connectivity index is 3.39. The normalized spacial score (nSPS) is 10.1. The summed E-state index contributed by atoms with van der Waals surface area (Å²) >= 11 is 2.55. The van der Waals surface area contributed by atoms with Crippen LogP contribution in [0, 0.1) is 17.5 Å². The van der Waals surface area contributed by atoms with Crippen LogP contribution in [0.5, 0.6) is 5.75 Å². The maximum atomic E-state index is 12.7. The van der Waals surface area contributed by atoms with Gasteiger partial charge in [0, 0.05) is 6.07 Å². The van der Waals surface area contributed by atoms with Gasteiger partial charge in [-0.2, -0.15) is 4.39 Å². The molecule has 0 atom stereocenters. The van der Waals surface area contributed by atoms with Crippen LogP contribution in [-0.2, 0) is 0 Å². The molecular weight excluding hydrogens is 237 g/mol. The molecule has 66 valence electrons. The van der Waals surface area contributed by atoms with Crippen LogP contribution in [0.3, 0.4) is 0 Å². The lowest BCUT2D eigenvalue weighted by Gasteiger charge is -2.04. The largest absolute Gasteiger partial charge is 0.493 e. The lowest BCUT2D eigenvalue weighted by molar-refractivity contribution is 0.365. The Bertz CT molecular complexity index is 314. The molecular formula is C7H4BrF3O. The quantitative estimate of drug-likeness (QED) is 0.542. The summed E-state index contributed by atoms with van der Waals surface area (Å²) in [6.45, 7) is 0. The lowest BCUT2D eigenvalue weighted by atomic mass is 10.3. The van der Waals surface area contributed by atoms with E-state index in [1.165, 1.54) is 0 Å². The number of rotatable bonds is 1. The molecule has 12 heavy (non-hydrogen) atoms. The van der Waals surface area contributed by atoms with Gasteiger partial charge in [0.25, 0.3) is 0 Å². The van der Waals surface area contributed by atoms with Crippen molar-refractivity contribution in [2.24, 2.45) is 0 Å². The fourth-order valence-electron chi connectivity index (χ4n) is 0.700. The third-order valence-corrected chi connectivity index (χ3v) is 2.02. The molecule has 0 aliphatic rings. The Morgan fingerprint density at radius 2 is 1.83 bits per heavy atom. The fourth-order valence-corrected chi connectivity index (χ4v) is 0.988. The molecule has 1 rings (SSSR count). The van der Waals surface area contributed by atoms with Crippen LogP contribution < -0.4 is 4.74 Å². The first-order valence-electron chi connectivity index (χ1n) is 2.95. The molecule has 1 aromatic rings. The highest BCUT2D eigenvalue weighted by Gasteiger charge is 2.16. The van der Waals surface area contributed by atoms with Crippen molar-refractivity contribution in [2.45, 2.75) is 0 Å². The SMILES string of the molecule is COc1cc(F)c(Br)c(F)c1F. The molecule has 1 aromatic carbocycles. The molecule has 0 saturated heterocycles.